The number of amides is 1. The summed E-state index contributed by atoms with van der Waals surface area (Å²) in [6.45, 7) is 1.89. The van der Waals surface area contributed by atoms with Gasteiger partial charge in [-0.2, -0.15) is 0 Å². The fourth-order valence-electron chi connectivity index (χ4n) is 1.86. The molecule has 1 rings (SSSR count). The van der Waals surface area contributed by atoms with E-state index >= 15 is 0 Å². The van der Waals surface area contributed by atoms with Gasteiger partial charge in [0, 0.05) is 24.1 Å². The lowest BCUT2D eigenvalue weighted by Crippen LogP contribution is -2.33. The highest BCUT2D eigenvalue weighted by Gasteiger charge is 2.18. The molecule has 0 spiro atoms. The normalized spacial score (nSPS) is 11.8. The number of aryl methyl sites for hydroxylation is 1. The molecule has 1 unspecified atom stereocenters. The quantitative estimate of drug-likeness (QED) is 0.400. The summed E-state index contributed by atoms with van der Waals surface area (Å²) in [5, 5.41) is 0. The molecule has 0 aromatic heterocycles. The Labute approximate surface area is 106 Å². The van der Waals surface area contributed by atoms with E-state index in [0.29, 0.717) is 11.5 Å². The van der Waals surface area contributed by atoms with Gasteiger partial charge in [-0.15, -0.1) is 0 Å². The molecule has 1 aromatic rings. The predicted molar refractivity (Wildman–Crippen MR) is 68.2 cm³/mol. The molecule has 6 nitrogen and oxygen atoms in total. The number of carbonyl (C=O) groups excluding carboxylic acids is 1. The van der Waals surface area contributed by atoms with E-state index < -0.39 is 6.04 Å². The lowest BCUT2D eigenvalue weighted by Gasteiger charge is -2.18. The first kappa shape index (κ1) is 14.3. The van der Waals surface area contributed by atoms with Crippen molar-refractivity contribution in [3.8, 4) is 11.5 Å². The second-order valence-corrected chi connectivity index (χ2v) is 3.94. The topological polar surface area (TPSA) is 99.6 Å². The Morgan fingerprint density at radius 2 is 2.06 bits per heavy atom. The van der Waals surface area contributed by atoms with E-state index in [2.05, 4.69) is 5.43 Å². The van der Waals surface area contributed by atoms with Gasteiger partial charge in [-0.3, -0.25) is 10.2 Å². The molecule has 18 heavy (non-hydrogen) atoms. The Bertz CT molecular complexity index is 435. The minimum atomic E-state index is -0.477. The first-order valence-corrected chi connectivity index (χ1v) is 5.51. The second kappa shape index (κ2) is 6.23. The van der Waals surface area contributed by atoms with Crippen molar-refractivity contribution < 1.29 is 14.3 Å². The van der Waals surface area contributed by atoms with E-state index in [4.69, 9.17) is 21.1 Å². The molecular formula is C12H19N3O3. The summed E-state index contributed by atoms with van der Waals surface area (Å²) < 4.78 is 10.4. The average molecular weight is 253 g/mol. The van der Waals surface area contributed by atoms with E-state index in [9.17, 15) is 4.79 Å². The van der Waals surface area contributed by atoms with Gasteiger partial charge in [0.2, 0.25) is 5.91 Å². The van der Waals surface area contributed by atoms with Crippen LogP contribution in [0.4, 0.5) is 0 Å². The molecule has 0 heterocycles. The number of hydrogen-bond donors (Lipinski definition) is 3. The van der Waals surface area contributed by atoms with Crippen LogP contribution < -0.4 is 26.5 Å². The van der Waals surface area contributed by atoms with Crippen LogP contribution >= 0.6 is 0 Å². The SMILES string of the molecule is COc1cc(C)c(C(N)CC(=O)NN)c(OC)c1. The Kier molecular flexibility index (Phi) is 4.94. The van der Waals surface area contributed by atoms with Crippen molar-refractivity contribution in [2.75, 3.05) is 14.2 Å². The molecule has 0 radical (unpaired) electrons. The maximum absolute atomic E-state index is 11.2. The Hall–Kier alpha value is -1.79. The van der Waals surface area contributed by atoms with Crippen molar-refractivity contribution in [3.05, 3.63) is 23.3 Å². The minimum absolute atomic E-state index is 0.0973. The van der Waals surface area contributed by atoms with Crippen LogP contribution in [0, 0.1) is 6.92 Å². The number of nitrogens with two attached hydrogens (primary N) is 2. The minimum Gasteiger partial charge on any atom is -0.497 e. The summed E-state index contributed by atoms with van der Waals surface area (Å²) in [5.41, 5.74) is 9.75. The van der Waals surface area contributed by atoms with E-state index in [1.165, 1.54) is 0 Å². The number of rotatable bonds is 5. The van der Waals surface area contributed by atoms with Crippen LogP contribution in [-0.4, -0.2) is 20.1 Å². The molecular weight excluding hydrogens is 234 g/mol. The second-order valence-electron chi connectivity index (χ2n) is 3.94. The number of benzene rings is 1. The highest BCUT2D eigenvalue weighted by Crippen LogP contribution is 2.33. The van der Waals surface area contributed by atoms with Gasteiger partial charge in [-0.1, -0.05) is 0 Å². The third kappa shape index (κ3) is 3.12. The van der Waals surface area contributed by atoms with E-state index in [1.807, 2.05) is 13.0 Å². The lowest BCUT2D eigenvalue weighted by molar-refractivity contribution is -0.121. The van der Waals surface area contributed by atoms with Crippen LogP contribution in [0.1, 0.15) is 23.6 Å². The molecule has 0 saturated carbocycles. The molecule has 1 aromatic carbocycles. The van der Waals surface area contributed by atoms with Crippen molar-refractivity contribution in [3.63, 3.8) is 0 Å². The molecule has 0 fully saturated rings. The van der Waals surface area contributed by atoms with E-state index in [-0.39, 0.29) is 12.3 Å². The van der Waals surface area contributed by atoms with Crippen molar-refractivity contribution in [2.45, 2.75) is 19.4 Å². The zero-order valence-corrected chi connectivity index (χ0v) is 10.8. The van der Waals surface area contributed by atoms with Gasteiger partial charge in [-0.25, -0.2) is 5.84 Å². The summed E-state index contributed by atoms with van der Waals surface area (Å²) in [4.78, 5) is 11.2. The molecule has 100 valence electrons. The highest BCUT2D eigenvalue weighted by molar-refractivity contribution is 5.76. The maximum Gasteiger partial charge on any atom is 0.235 e. The van der Waals surface area contributed by atoms with E-state index in [0.717, 1.165) is 11.1 Å². The number of carbonyl (C=O) groups is 1. The number of nitrogens with one attached hydrogen (secondary N) is 1. The largest absolute Gasteiger partial charge is 0.497 e. The van der Waals surface area contributed by atoms with Crippen LogP contribution in [0.2, 0.25) is 0 Å². The van der Waals surface area contributed by atoms with Crippen LogP contribution in [0.3, 0.4) is 0 Å². The van der Waals surface area contributed by atoms with Crippen molar-refractivity contribution in [1.29, 1.82) is 0 Å². The predicted octanol–water partition coefficient (Wildman–Crippen LogP) is 0.392. The third-order valence-electron chi connectivity index (χ3n) is 2.72. The molecule has 1 amide bonds. The summed E-state index contributed by atoms with van der Waals surface area (Å²) in [6.07, 6.45) is 0.0973. The Balaban J connectivity index is 3.10. The van der Waals surface area contributed by atoms with Gasteiger partial charge in [0.1, 0.15) is 11.5 Å². The maximum atomic E-state index is 11.2. The van der Waals surface area contributed by atoms with Crippen molar-refractivity contribution >= 4 is 5.91 Å². The Morgan fingerprint density at radius 3 is 2.56 bits per heavy atom. The van der Waals surface area contributed by atoms with Gasteiger partial charge in [0.05, 0.1) is 14.2 Å². The van der Waals surface area contributed by atoms with Gasteiger partial charge >= 0.3 is 0 Å². The van der Waals surface area contributed by atoms with Crippen LogP contribution in [0.5, 0.6) is 11.5 Å². The third-order valence-corrected chi connectivity index (χ3v) is 2.72. The lowest BCUT2D eigenvalue weighted by atomic mass is 9.97. The summed E-state index contributed by atoms with van der Waals surface area (Å²) in [7, 11) is 3.13. The number of ether oxygens (including phenoxy) is 2. The molecule has 0 aliphatic rings. The molecule has 0 aliphatic heterocycles. The fraction of sp³-hybridized carbons (Fsp3) is 0.417. The fourth-order valence-corrected chi connectivity index (χ4v) is 1.86. The average Bonchev–Trinajstić information content (AvgIpc) is 2.36. The van der Waals surface area contributed by atoms with Gasteiger partial charge in [0.25, 0.3) is 0 Å². The summed E-state index contributed by atoms with van der Waals surface area (Å²) in [5.74, 6) is 6.01. The summed E-state index contributed by atoms with van der Waals surface area (Å²) >= 11 is 0. The zero-order chi connectivity index (χ0) is 13.7. The molecule has 5 N–H and O–H groups in total. The highest BCUT2D eigenvalue weighted by atomic mass is 16.5. The molecule has 0 bridgehead atoms. The first-order valence-electron chi connectivity index (χ1n) is 5.51. The summed E-state index contributed by atoms with van der Waals surface area (Å²) in [6, 6.07) is 3.11. The molecule has 0 aliphatic carbocycles. The van der Waals surface area contributed by atoms with Gasteiger partial charge in [0.15, 0.2) is 0 Å². The Morgan fingerprint density at radius 1 is 1.39 bits per heavy atom. The van der Waals surface area contributed by atoms with Crippen LogP contribution in [0.25, 0.3) is 0 Å². The number of hydrazine groups is 1. The van der Waals surface area contributed by atoms with Crippen molar-refractivity contribution in [2.24, 2.45) is 11.6 Å². The number of methoxy groups -OCH3 is 2. The van der Waals surface area contributed by atoms with Crippen LogP contribution in [-0.2, 0) is 4.79 Å². The first-order chi connectivity index (χ1) is 8.53. The van der Waals surface area contributed by atoms with Gasteiger partial charge in [-0.05, 0) is 18.6 Å². The molecule has 0 saturated heterocycles. The molecule has 6 heteroatoms. The standard InChI is InChI=1S/C12H19N3O3/c1-7-4-8(17-2)5-10(18-3)12(7)9(13)6-11(16)15-14/h4-5,9H,6,13-14H2,1-3H3,(H,15,16). The van der Waals surface area contributed by atoms with Crippen molar-refractivity contribution in [1.82, 2.24) is 5.43 Å². The zero-order valence-electron chi connectivity index (χ0n) is 10.8. The van der Waals surface area contributed by atoms with Gasteiger partial charge < -0.3 is 15.2 Å². The van der Waals surface area contributed by atoms with E-state index in [1.54, 1.807) is 20.3 Å². The van der Waals surface area contributed by atoms with Crippen LogP contribution in [0.15, 0.2) is 12.1 Å². The number of hydrogen-bond acceptors (Lipinski definition) is 5. The molecule has 1 atom stereocenters. The monoisotopic (exact) mass is 253 g/mol. The smallest absolute Gasteiger partial charge is 0.235 e.